The Balaban J connectivity index is 2.24. The third-order valence-electron chi connectivity index (χ3n) is 2.25. The predicted molar refractivity (Wildman–Crippen MR) is 77.8 cm³/mol. The van der Waals surface area contributed by atoms with E-state index in [0.29, 0.717) is 11.8 Å². The van der Waals surface area contributed by atoms with Gasteiger partial charge in [-0.1, -0.05) is 6.07 Å². The highest BCUT2D eigenvalue weighted by molar-refractivity contribution is 14.1. The number of halogens is 2. The van der Waals surface area contributed by atoms with E-state index in [4.69, 9.17) is 16.3 Å². The van der Waals surface area contributed by atoms with Crippen LogP contribution < -0.4 is 4.74 Å². The lowest BCUT2D eigenvalue weighted by molar-refractivity contribution is 0.458. The van der Waals surface area contributed by atoms with Crippen molar-refractivity contribution in [1.29, 1.82) is 0 Å². The molecule has 0 fully saturated rings. The van der Waals surface area contributed by atoms with E-state index < -0.39 is 0 Å². The van der Waals surface area contributed by atoms with Gasteiger partial charge in [-0.2, -0.15) is 0 Å². The molecule has 2 nitrogen and oxygen atoms in total. The Labute approximate surface area is 119 Å². The Hall–Kier alpha value is -0.810. The molecule has 1 aromatic heterocycles. The molecule has 88 valence electrons. The van der Waals surface area contributed by atoms with Gasteiger partial charge in [0.1, 0.15) is 5.75 Å². The van der Waals surface area contributed by atoms with Crippen molar-refractivity contribution in [2.24, 2.45) is 0 Å². The molecule has 2 rings (SSSR count). The minimum absolute atomic E-state index is 0.470. The molecule has 0 saturated carbocycles. The molecule has 4 heteroatoms. The summed E-state index contributed by atoms with van der Waals surface area (Å²) >= 11 is 8.00. The summed E-state index contributed by atoms with van der Waals surface area (Å²) in [4.78, 5) is 4.26. The summed E-state index contributed by atoms with van der Waals surface area (Å²) in [5.74, 6) is 1.89. The fraction of sp³-hybridized carbons (Fsp3) is 0.154. The highest BCUT2D eigenvalue weighted by atomic mass is 127. The molecule has 0 aliphatic heterocycles. The smallest absolute Gasteiger partial charge is 0.222 e. The van der Waals surface area contributed by atoms with Crippen LogP contribution in [0.5, 0.6) is 11.6 Å². The standard InChI is InChI=1S/C13H11ClINO/c1-9-5-10(7-14)8-16-13(9)17-12-4-2-3-11(15)6-12/h2-6,8H,7H2,1H3. The summed E-state index contributed by atoms with van der Waals surface area (Å²) in [6, 6.07) is 9.85. The maximum Gasteiger partial charge on any atom is 0.222 e. The van der Waals surface area contributed by atoms with Gasteiger partial charge in [0.05, 0.1) is 0 Å². The Bertz CT molecular complexity index is 531. The summed E-state index contributed by atoms with van der Waals surface area (Å²) in [7, 11) is 0. The van der Waals surface area contributed by atoms with Crippen LogP contribution in [-0.4, -0.2) is 4.98 Å². The lowest BCUT2D eigenvalue weighted by Gasteiger charge is -2.08. The number of nitrogens with zero attached hydrogens (tertiary/aromatic N) is 1. The van der Waals surface area contributed by atoms with E-state index in [9.17, 15) is 0 Å². The first kappa shape index (κ1) is 12.6. The molecule has 0 N–H and O–H groups in total. The van der Waals surface area contributed by atoms with Crippen LogP contribution in [0.4, 0.5) is 0 Å². The third kappa shape index (κ3) is 3.33. The normalized spacial score (nSPS) is 10.3. The molecule has 0 unspecified atom stereocenters. The summed E-state index contributed by atoms with van der Waals surface area (Å²) in [6.45, 7) is 1.96. The number of aromatic nitrogens is 1. The molecule has 1 aromatic carbocycles. The van der Waals surface area contributed by atoms with E-state index in [1.165, 1.54) is 0 Å². The zero-order chi connectivity index (χ0) is 12.3. The molecule has 17 heavy (non-hydrogen) atoms. The van der Waals surface area contributed by atoms with Crippen LogP contribution in [-0.2, 0) is 5.88 Å². The quantitative estimate of drug-likeness (QED) is 0.593. The van der Waals surface area contributed by atoms with E-state index in [1.54, 1.807) is 6.20 Å². The molecule has 0 aliphatic carbocycles. The Morgan fingerprint density at radius 3 is 2.82 bits per heavy atom. The average Bonchev–Trinajstić information content (AvgIpc) is 2.32. The van der Waals surface area contributed by atoms with E-state index in [2.05, 4.69) is 27.6 Å². The van der Waals surface area contributed by atoms with Crippen molar-refractivity contribution in [3.8, 4) is 11.6 Å². The Morgan fingerprint density at radius 2 is 2.18 bits per heavy atom. The van der Waals surface area contributed by atoms with Gasteiger partial charge in [-0.3, -0.25) is 0 Å². The fourth-order valence-corrected chi connectivity index (χ4v) is 2.10. The SMILES string of the molecule is Cc1cc(CCl)cnc1Oc1cccc(I)c1. The van der Waals surface area contributed by atoms with Gasteiger partial charge in [0, 0.05) is 21.2 Å². The van der Waals surface area contributed by atoms with Crippen LogP contribution in [0.25, 0.3) is 0 Å². The van der Waals surface area contributed by atoms with Gasteiger partial charge in [0.25, 0.3) is 0 Å². The molecular formula is C13H11ClINO. The van der Waals surface area contributed by atoms with Crippen molar-refractivity contribution < 1.29 is 4.74 Å². The first-order valence-corrected chi connectivity index (χ1v) is 6.75. The second-order valence-corrected chi connectivity index (χ2v) is 5.17. The molecule has 0 aliphatic rings. The van der Waals surface area contributed by atoms with Crippen LogP contribution in [0.15, 0.2) is 36.5 Å². The van der Waals surface area contributed by atoms with Gasteiger partial charge < -0.3 is 4.74 Å². The molecule has 0 spiro atoms. The van der Waals surface area contributed by atoms with Crippen molar-refractivity contribution in [2.45, 2.75) is 12.8 Å². The maximum absolute atomic E-state index is 5.75. The van der Waals surface area contributed by atoms with Crippen LogP contribution in [0.1, 0.15) is 11.1 Å². The number of hydrogen-bond donors (Lipinski definition) is 0. The molecule has 0 saturated heterocycles. The van der Waals surface area contributed by atoms with Gasteiger partial charge in [0.15, 0.2) is 0 Å². The van der Waals surface area contributed by atoms with Crippen molar-refractivity contribution in [1.82, 2.24) is 4.98 Å². The summed E-state index contributed by atoms with van der Waals surface area (Å²) in [6.07, 6.45) is 1.74. The zero-order valence-electron chi connectivity index (χ0n) is 9.28. The molecule has 1 heterocycles. The second-order valence-electron chi connectivity index (χ2n) is 3.66. The van der Waals surface area contributed by atoms with E-state index in [-0.39, 0.29) is 0 Å². The Morgan fingerprint density at radius 1 is 1.35 bits per heavy atom. The first-order valence-electron chi connectivity index (χ1n) is 5.14. The highest BCUT2D eigenvalue weighted by Crippen LogP contribution is 2.24. The van der Waals surface area contributed by atoms with Crippen molar-refractivity contribution in [3.63, 3.8) is 0 Å². The van der Waals surface area contributed by atoms with Crippen LogP contribution in [0.2, 0.25) is 0 Å². The molecule has 0 bridgehead atoms. The number of alkyl halides is 1. The van der Waals surface area contributed by atoms with E-state index >= 15 is 0 Å². The minimum Gasteiger partial charge on any atom is -0.439 e. The van der Waals surface area contributed by atoms with E-state index in [1.807, 2.05) is 37.3 Å². The van der Waals surface area contributed by atoms with E-state index in [0.717, 1.165) is 20.4 Å². The maximum atomic E-state index is 5.75. The van der Waals surface area contributed by atoms with Crippen molar-refractivity contribution >= 4 is 34.2 Å². The van der Waals surface area contributed by atoms with Crippen LogP contribution in [0, 0.1) is 10.5 Å². The molecular weight excluding hydrogens is 349 g/mol. The summed E-state index contributed by atoms with van der Waals surface area (Å²) in [5, 5.41) is 0. The van der Waals surface area contributed by atoms with Crippen molar-refractivity contribution in [2.75, 3.05) is 0 Å². The summed E-state index contributed by atoms with van der Waals surface area (Å²) in [5.41, 5.74) is 1.99. The van der Waals surface area contributed by atoms with Gasteiger partial charge in [-0.25, -0.2) is 4.98 Å². The van der Waals surface area contributed by atoms with Gasteiger partial charge in [0.2, 0.25) is 5.88 Å². The van der Waals surface area contributed by atoms with Gasteiger partial charge in [-0.05, 0) is 59.3 Å². The predicted octanol–water partition coefficient (Wildman–Crippen LogP) is 4.53. The largest absolute Gasteiger partial charge is 0.439 e. The number of ether oxygens (including phenoxy) is 1. The van der Waals surface area contributed by atoms with Crippen molar-refractivity contribution in [3.05, 3.63) is 51.2 Å². The number of benzene rings is 1. The topological polar surface area (TPSA) is 22.1 Å². The number of pyridine rings is 1. The highest BCUT2D eigenvalue weighted by Gasteiger charge is 2.04. The fourth-order valence-electron chi connectivity index (χ4n) is 1.44. The monoisotopic (exact) mass is 359 g/mol. The van der Waals surface area contributed by atoms with Gasteiger partial charge in [-0.15, -0.1) is 11.6 Å². The first-order chi connectivity index (χ1) is 8.19. The van der Waals surface area contributed by atoms with Crippen LogP contribution >= 0.6 is 34.2 Å². The zero-order valence-corrected chi connectivity index (χ0v) is 12.2. The van der Waals surface area contributed by atoms with Crippen LogP contribution in [0.3, 0.4) is 0 Å². The Kier molecular flexibility index (Phi) is 4.23. The number of hydrogen-bond acceptors (Lipinski definition) is 2. The number of rotatable bonds is 3. The number of aryl methyl sites for hydroxylation is 1. The average molecular weight is 360 g/mol. The van der Waals surface area contributed by atoms with Gasteiger partial charge >= 0.3 is 0 Å². The lowest BCUT2D eigenvalue weighted by atomic mass is 10.2. The lowest BCUT2D eigenvalue weighted by Crippen LogP contribution is -1.93. The minimum atomic E-state index is 0.470. The molecule has 0 amide bonds. The third-order valence-corrected chi connectivity index (χ3v) is 3.23. The molecule has 0 atom stereocenters. The molecule has 2 aromatic rings. The second kappa shape index (κ2) is 5.69. The summed E-state index contributed by atoms with van der Waals surface area (Å²) < 4.78 is 6.86. The molecule has 0 radical (unpaired) electrons.